The Morgan fingerprint density at radius 1 is 1.25 bits per heavy atom. The van der Waals surface area contributed by atoms with Crippen molar-refractivity contribution in [3.8, 4) is 22.8 Å². The smallest absolute Gasteiger partial charge is 0.328 e. The molecule has 7 nitrogen and oxygen atoms in total. The first-order valence-corrected chi connectivity index (χ1v) is 7.73. The number of hydrogen-bond acceptors (Lipinski definition) is 6. The molecule has 0 saturated heterocycles. The summed E-state index contributed by atoms with van der Waals surface area (Å²) in [6.45, 7) is 1.42. The highest BCUT2D eigenvalue weighted by molar-refractivity contribution is 7.14. The van der Waals surface area contributed by atoms with Crippen LogP contribution in [0, 0.1) is 0 Å². The molecule has 0 radical (unpaired) electrons. The number of anilines is 1. The number of thiazole rings is 1. The Morgan fingerprint density at radius 2 is 1.96 bits per heavy atom. The summed E-state index contributed by atoms with van der Waals surface area (Å²) in [5.41, 5.74) is 1.56. The maximum absolute atomic E-state index is 11.9. The number of aliphatic carboxylic acids is 1. The number of methoxy groups -OCH3 is 2. The van der Waals surface area contributed by atoms with E-state index in [0.29, 0.717) is 22.3 Å². The van der Waals surface area contributed by atoms with E-state index in [1.807, 2.05) is 6.07 Å². The lowest BCUT2D eigenvalue weighted by Crippen LogP contribution is -2.13. The number of nitrogens with one attached hydrogen (secondary N) is 1. The van der Waals surface area contributed by atoms with Gasteiger partial charge < -0.3 is 14.6 Å². The molecule has 0 saturated carbocycles. The third-order valence-corrected chi connectivity index (χ3v) is 3.86. The van der Waals surface area contributed by atoms with Gasteiger partial charge in [-0.25, -0.2) is 9.78 Å². The predicted molar refractivity (Wildman–Crippen MR) is 90.7 cm³/mol. The van der Waals surface area contributed by atoms with E-state index < -0.39 is 11.9 Å². The summed E-state index contributed by atoms with van der Waals surface area (Å²) in [7, 11) is 3.10. The van der Waals surface area contributed by atoms with E-state index in [1.54, 1.807) is 31.7 Å². The first-order chi connectivity index (χ1) is 11.4. The number of nitrogens with zero attached hydrogens (tertiary/aromatic N) is 1. The summed E-state index contributed by atoms with van der Waals surface area (Å²) in [4.78, 5) is 26.8. The molecule has 2 rings (SSSR count). The molecule has 0 atom stereocenters. The first kappa shape index (κ1) is 17.5. The minimum absolute atomic E-state index is 0.0883. The van der Waals surface area contributed by atoms with Gasteiger partial charge in [0.05, 0.1) is 19.9 Å². The topological polar surface area (TPSA) is 97.8 Å². The van der Waals surface area contributed by atoms with Crippen molar-refractivity contribution in [2.75, 3.05) is 19.5 Å². The van der Waals surface area contributed by atoms with Crippen molar-refractivity contribution >= 4 is 28.3 Å². The van der Waals surface area contributed by atoms with Gasteiger partial charge in [0.25, 0.3) is 5.91 Å². The molecule has 1 amide bonds. The van der Waals surface area contributed by atoms with Gasteiger partial charge in [-0.05, 0) is 25.1 Å². The Kier molecular flexibility index (Phi) is 5.54. The first-order valence-electron chi connectivity index (χ1n) is 6.85. The van der Waals surface area contributed by atoms with Crippen molar-refractivity contribution in [1.29, 1.82) is 0 Å². The van der Waals surface area contributed by atoms with Crippen LogP contribution in [0.5, 0.6) is 11.5 Å². The molecular weight excluding hydrogens is 332 g/mol. The van der Waals surface area contributed by atoms with Gasteiger partial charge >= 0.3 is 5.97 Å². The minimum Gasteiger partial charge on any atom is -0.493 e. The monoisotopic (exact) mass is 348 g/mol. The maximum atomic E-state index is 11.9. The third-order valence-electron chi connectivity index (χ3n) is 3.10. The molecule has 0 aliphatic heterocycles. The zero-order chi connectivity index (χ0) is 17.7. The largest absolute Gasteiger partial charge is 0.493 e. The van der Waals surface area contributed by atoms with Gasteiger partial charge in [-0.2, -0.15) is 0 Å². The molecule has 0 spiro atoms. The van der Waals surface area contributed by atoms with E-state index in [2.05, 4.69) is 10.3 Å². The van der Waals surface area contributed by atoms with Gasteiger partial charge in [0.1, 0.15) is 0 Å². The molecule has 24 heavy (non-hydrogen) atoms. The van der Waals surface area contributed by atoms with E-state index in [-0.39, 0.29) is 5.57 Å². The number of amides is 1. The average Bonchev–Trinajstić information content (AvgIpc) is 3.01. The predicted octanol–water partition coefficient (Wildman–Crippen LogP) is 2.80. The van der Waals surface area contributed by atoms with Crippen LogP contribution in [0.3, 0.4) is 0 Å². The Labute approximate surface area is 142 Å². The Balaban J connectivity index is 2.19. The van der Waals surface area contributed by atoms with Crippen LogP contribution in [0.4, 0.5) is 5.13 Å². The van der Waals surface area contributed by atoms with Crippen molar-refractivity contribution in [1.82, 2.24) is 4.98 Å². The second-order valence-corrected chi connectivity index (χ2v) is 5.59. The standard InChI is InChI=1S/C16H16N2O5S/c1-9(6-14(19)20)15(21)18-16-17-11(8-24-16)10-4-5-12(22-2)13(7-10)23-3/h4-8H,1-3H3,(H,19,20)(H,17,18,21). The summed E-state index contributed by atoms with van der Waals surface area (Å²) in [6.07, 6.45) is 0.845. The quantitative estimate of drug-likeness (QED) is 0.779. The molecule has 2 aromatic rings. The number of carbonyl (C=O) groups is 2. The summed E-state index contributed by atoms with van der Waals surface area (Å²) in [5, 5.41) is 13.4. The number of aromatic nitrogens is 1. The van der Waals surface area contributed by atoms with Gasteiger partial charge in [-0.3, -0.25) is 10.1 Å². The number of carboxylic acid groups (broad SMARTS) is 1. The van der Waals surface area contributed by atoms with Crippen molar-refractivity contribution in [2.45, 2.75) is 6.92 Å². The molecule has 0 unspecified atom stereocenters. The molecule has 0 fully saturated rings. The Bertz CT molecular complexity index is 798. The lowest BCUT2D eigenvalue weighted by atomic mass is 10.1. The van der Waals surface area contributed by atoms with Crippen LogP contribution in [0.2, 0.25) is 0 Å². The fourth-order valence-electron chi connectivity index (χ4n) is 1.91. The van der Waals surface area contributed by atoms with E-state index >= 15 is 0 Å². The van der Waals surface area contributed by atoms with Crippen molar-refractivity contribution < 1.29 is 24.2 Å². The second-order valence-electron chi connectivity index (χ2n) is 4.73. The fourth-order valence-corrected chi connectivity index (χ4v) is 2.62. The van der Waals surface area contributed by atoms with Crippen LogP contribution in [0.1, 0.15) is 6.92 Å². The highest BCUT2D eigenvalue weighted by Crippen LogP contribution is 2.33. The highest BCUT2D eigenvalue weighted by Gasteiger charge is 2.12. The number of benzene rings is 1. The van der Waals surface area contributed by atoms with Crippen LogP contribution < -0.4 is 14.8 Å². The molecule has 1 aromatic carbocycles. The molecule has 0 aliphatic carbocycles. The molecule has 8 heteroatoms. The van der Waals surface area contributed by atoms with Gasteiger partial charge in [0.2, 0.25) is 0 Å². The number of carboxylic acids is 1. The van der Waals surface area contributed by atoms with Crippen LogP contribution in [0.25, 0.3) is 11.3 Å². The van der Waals surface area contributed by atoms with E-state index in [9.17, 15) is 9.59 Å². The average molecular weight is 348 g/mol. The van der Waals surface area contributed by atoms with Crippen LogP contribution in [0.15, 0.2) is 35.2 Å². The molecule has 1 heterocycles. The Hall–Kier alpha value is -2.87. The molecule has 0 bridgehead atoms. The highest BCUT2D eigenvalue weighted by atomic mass is 32.1. The number of rotatable bonds is 6. The summed E-state index contributed by atoms with van der Waals surface area (Å²) in [5.74, 6) is -0.494. The third kappa shape index (κ3) is 4.11. The zero-order valence-electron chi connectivity index (χ0n) is 13.3. The zero-order valence-corrected chi connectivity index (χ0v) is 14.1. The van der Waals surface area contributed by atoms with Gasteiger partial charge in [0, 0.05) is 22.6 Å². The molecule has 126 valence electrons. The SMILES string of the molecule is COc1ccc(-c2csc(NC(=O)C(C)=CC(=O)O)n2)cc1OC. The summed E-state index contributed by atoms with van der Waals surface area (Å²) >= 11 is 1.24. The summed E-state index contributed by atoms with van der Waals surface area (Å²) < 4.78 is 10.4. The van der Waals surface area contributed by atoms with Crippen LogP contribution >= 0.6 is 11.3 Å². The van der Waals surface area contributed by atoms with Crippen molar-refractivity contribution in [2.24, 2.45) is 0 Å². The van der Waals surface area contributed by atoms with E-state index in [4.69, 9.17) is 14.6 Å². The fraction of sp³-hybridized carbons (Fsp3) is 0.188. The van der Waals surface area contributed by atoms with Crippen LogP contribution in [-0.4, -0.2) is 36.2 Å². The van der Waals surface area contributed by atoms with Gasteiger partial charge in [-0.15, -0.1) is 11.3 Å². The minimum atomic E-state index is -1.17. The summed E-state index contributed by atoms with van der Waals surface area (Å²) in [6, 6.07) is 5.39. The van der Waals surface area contributed by atoms with Gasteiger partial charge in [-0.1, -0.05) is 0 Å². The lowest BCUT2D eigenvalue weighted by Gasteiger charge is -2.08. The van der Waals surface area contributed by atoms with E-state index in [1.165, 1.54) is 18.3 Å². The number of carbonyl (C=O) groups excluding carboxylic acids is 1. The maximum Gasteiger partial charge on any atom is 0.328 e. The molecule has 1 aromatic heterocycles. The van der Waals surface area contributed by atoms with Crippen LogP contribution in [-0.2, 0) is 9.59 Å². The number of hydrogen-bond donors (Lipinski definition) is 2. The van der Waals surface area contributed by atoms with Crippen molar-refractivity contribution in [3.63, 3.8) is 0 Å². The molecular formula is C16H16N2O5S. The number of ether oxygens (including phenoxy) is 2. The lowest BCUT2D eigenvalue weighted by molar-refractivity contribution is -0.131. The van der Waals surface area contributed by atoms with Gasteiger partial charge in [0.15, 0.2) is 16.6 Å². The van der Waals surface area contributed by atoms with Crippen molar-refractivity contribution in [3.05, 3.63) is 35.2 Å². The Morgan fingerprint density at radius 3 is 2.58 bits per heavy atom. The second kappa shape index (κ2) is 7.60. The molecule has 0 aliphatic rings. The normalized spacial score (nSPS) is 11.0. The van der Waals surface area contributed by atoms with E-state index in [0.717, 1.165) is 11.6 Å². The molecule has 2 N–H and O–H groups in total.